The van der Waals surface area contributed by atoms with Gasteiger partial charge in [0.15, 0.2) is 0 Å². The van der Waals surface area contributed by atoms with Gasteiger partial charge >= 0.3 is 12.0 Å². The number of nitrogens with one attached hydrogen (secondary N) is 1. The fourth-order valence-electron chi connectivity index (χ4n) is 3.53. The maximum absolute atomic E-state index is 14.1. The topological polar surface area (TPSA) is 87.5 Å². The number of aromatic nitrogens is 2. The number of benzene rings is 1. The maximum Gasteiger partial charge on any atom is 0.343 e. The van der Waals surface area contributed by atoms with Crippen LogP contribution in [0.5, 0.6) is 0 Å². The lowest BCUT2D eigenvalue weighted by Gasteiger charge is -2.28. The summed E-state index contributed by atoms with van der Waals surface area (Å²) in [5.41, 5.74) is 2.60. The van der Waals surface area contributed by atoms with Crippen LogP contribution in [-0.4, -0.2) is 51.4 Å². The predicted octanol–water partition coefficient (Wildman–Crippen LogP) is 3.04. The van der Waals surface area contributed by atoms with E-state index in [4.69, 9.17) is 0 Å². The molecular weight excluding hydrogens is 375 g/mol. The summed E-state index contributed by atoms with van der Waals surface area (Å²) in [6.45, 7) is 8.26. The zero-order chi connectivity index (χ0) is 21.5. The molecule has 0 fully saturated rings. The maximum atomic E-state index is 14.1. The highest BCUT2D eigenvalue weighted by molar-refractivity contribution is 5.85. The minimum absolute atomic E-state index is 0.335. The number of halogens is 1. The first-order chi connectivity index (χ1) is 13.5. The second-order valence-corrected chi connectivity index (χ2v) is 8.72. The molecule has 156 valence electrons. The van der Waals surface area contributed by atoms with E-state index in [2.05, 4.69) is 15.3 Å². The van der Waals surface area contributed by atoms with Gasteiger partial charge < -0.3 is 15.3 Å². The minimum Gasteiger partial charge on any atom is -0.480 e. The van der Waals surface area contributed by atoms with Crippen LogP contribution in [0, 0.1) is 18.2 Å². The number of carbonyl (C=O) groups excluding carboxylic acids is 1. The number of hydrogen-bond acceptors (Lipinski definition) is 4. The van der Waals surface area contributed by atoms with Crippen LogP contribution < -0.4 is 5.32 Å². The van der Waals surface area contributed by atoms with Crippen LogP contribution in [0.25, 0.3) is 11.3 Å². The first-order valence-corrected chi connectivity index (χ1v) is 9.58. The van der Waals surface area contributed by atoms with E-state index in [1.54, 1.807) is 39.8 Å². The Hall–Kier alpha value is -2.74. The highest BCUT2D eigenvalue weighted by Gasteiger charge is 2.35. The lowest BCUT2D eigenvalue weighted by Crippen LogP contribution is -2.50. The standard InChI is InChI=1S/C21H27FN4O3/c1-12-6-7-13(10-15(12)22)17-14-11-25(5)9-8-16(14)26(24-17)20(29)23-18(19(27)28)21(2,3)4/h6-7,10,18H,8-9,11H2,1-5H3,(H,23,29)(H,27,28). The van der Waals surface area contributed by atoms with Gasteiger partial charge in [0.1, 0.15) is 11.9 Å². The summed E-state index contributed by atoms with van der Waals surface area (Å²) in [6.07, 6.45) is 0.591. The number of nitrogens with zero attached hydrogens (tertiary/aromatic N) is 3. The molecule has 2 heterocycles. The van der Waals surface area contributed by atoms with Gasteiger partial charge in [0.25, 0.3) is 0 Å². The van der Waals surface area contributed by atoms with Gasteiger partial charge in [0, 0.05) is 30.6 Å². The van der Waals surface area contributed by atoms with Gasteiger partial charge in [0.05, 0.1) is 11.4 Å². The van der Waals surface area contributed by atoms with Crippen molar-refractivity contribution in [1.82, 2.24) is 20.0 Å². The Labute approximate surface area is 169 Å². The molecule has 1 aromatic carbocycles. The average Bonchev–Trinajstić information content (AvgIpc) is 2.99. The summed E-state index contributed by atoms with van der Waals surface area (Å²) >= 11 is 0. The number of carbonyl (C=O) groups is 2. The van der Waals surface area contributed by atoms with Crippen molar-refractivity contribution >= 4 is 12.0 Å². The molecule has 2 aromatic rings. The summed E-state index contributed by atoms with van der Waals surface area (Å²) in [6, 6.07) is 3.23. The van der Waals surface area contributed by atoms with E-state index < -0.39 is 23.5 Å². The second-order valence-electron chi connectivity index (χ2n) is 8.72. The zero-order valence-corrected chi connectivity index (χ0v) is 17.4. The molecular formula is C21H27FN4O3. The predicted molar refractivity (Wildman–Crippen MR) is 107 cm³/mol. The Bertz CT molecular complexity index is 962. The molecule has 0 spiro atoms. The SMILES string of the molecule is Cc1ccc(-c2nn(C(=O)NC(C(=O)O)C(C)(C)C)c3c2CN(C)CC3)cc1F. The quantitative estimate of drug-likeness (QED) is 0.824. The highest BCUT2D eigenvalue weighted by atomic mass is 19.1. The Morgan fingerprint density at radius 3 is 2.59 bits per heavy atom. The van der Waals surface area contributed by atoms with E-state index >= 15 is 0 Å². The molecule has 1 aliphatic rings. The number of hydrogen-bond donors (Lipinski definition) is 2. The third-order valence-electron chi connectivity index (χ3n) is 5.27. The third kappa shape index (κ3) is 4.17. The molecule has 0 aliphatic carbocycles. The van der Waals surface area contributed by atoms with Gasteiger partial charge in [-0.2, -0.15) is 9.78 Å². The van der Waals surface area contributed by atoms with Gasteiger partial charge in [-0.3, -0.25) is 0 Å². The van der Waals surface area contributed by atoms with Crippen molar-refractivity contribution in [3.05, 3.63) is 40.8 Å². The molecule has 8 heteroatoms. The molecule has 0 radical (unpaired) electrons. The molecule has 0 saturated heterocycles. The molecule has 0 saturated carbocycles. The first kappa shape index (κ1) is 21.0. The Morgan fingerprint density at radius 2 is 2.00 bits per heavy atom. The van der Waals surface area contributed by atoms with Gasteiger partial charge in [-0.15, -0.1) is 0 Å². The summed E-state index contributed by atoms with van der Waals surface area (Å²) in [4.78, 5) is 26.7. The number of carboxylic acids is 1. The number of aryl methyl sites for hydroxylation is 1. The monoisotopic (exact) mass is 402 g/mol. The lowest BCUT2D eigenvalue weighted by molar-refractivity contribution is -0.141. The molecule has 7 nitrogen and oxygen atoms in total. The van der Waals surface area contributed by atoms with Crippen LogP contribution in [0.4, 0.5) is 9.18 Å². The summed E-state index contributed by atoms with van der Waals surface area (Å²) in [5.74, 6) is -1.44. The fraction of sp³-hybridized carbons (Fsp3) is 0.476. The lowest BCUT2D eigenvalue weighted by atomic mass is 9.87. The van der Waals surface area contributed by atoms with Gasteiger partial charge in [-0.05, 0) is 31.0 Å². The zero-order valence-electron chi connectivity index (χ0n) is 17.4. The van der Waals surface area contributed by atoms with Crippen molar-refractivity contribution in [1.29, 1.82) is 0 Å². The summed E-state index contributed by atoms with van der Waals surface area (Å²) < 4.78 is 15.4. The first-order valence-electron chi connectivity index (χ1n) is 9.58. The van der Waals surface area contributed by atoms with Crippen LogP contribution in [-0.2, 0) is 17.8 Å². The molecule has 1 atom stereocenters. The Kier molecular flexibility index (Phi) is 5.49. The summed E-state index contributed by atoms with van der Waals surface area (Å²) in [7, 11) is 1.97. The van der Waals surface area contributed by atoms with Crippen molar-refractivity contribution in [2.24, 2.45) is 5.41 Å². The van der Waals surface area contributed by atoms with Crippen molar-refractivity contribution in [2.75, 3.05) is 13.6 Å². The van der Waals surface area contributed by atoms with Crippen molar-refractivity contribution < 1.29 is 19.1 Å². The molecule has 1 amide bonds. The van der Waals surface area contributed by atoms with Crippen LogP contribution in [0.2, 0.25) is 0 Å². The molecule has 0 bridgehead atoms. The number of likely N-dealkylation sites (N-methyl/N-ethyl adjacent to an activating group) is 1. The Balaban J connectivity index is 2.05. The average molecular weight is 402 g/mol. The molecule has 1 aliphatic heterocycles. The molecule has 1 aromatic heterocycles. The van der Waals surface area contributed by atoms with Gasteiger partial charge in [-0.25, -0.2) is 14.0 Å². The number of carboxylic acid groups (broad SMARTS) is 1. The highest BCUT2D eigenvalue weighted by Crippen LogP contribution is 2.31. The Morgan fingerprint density at radius 1 is 1.31 bits per heavy atom. The molecule has 2 N–H and O–H groups in total. The minimum atomic E-state index is -1.10. The van der Waals surface area contributed by atoms with Gasteiger partial charge in [-0.1, -0.05) is 32.9 Å². The largest absolute Gasteiger partial charge is 0.480 e. The van der Waals surface area contributed by atoms with Crippen molar-refractivity contribution in [3.63, 3.8) is 0 Å². The second kappa shape index (κ2) is 7.59. The van der Waals surface area contributed by atoms with E-state index in [0.29, 0.717) is 29.8 Å². The number of fused-ring (bicyclic) bond motifs is 1. The van der Waals surface area contributed by atoms with Crippen LogP contribution >= 0.6 is 0 Å². The van der Waals surface area contributed by atoms with E-state index in [-0.39, 0.29) is 5.82 Å². The van der Waals surface area contributed by atoms with E-state index in [1.165, 1.54) is 10.7 Å². The fourth-order valence-corrected chi connectivity index (χ4v) is 3.53. The number of rotatable bonds is 3. The van der Waals surface area contributed by atoms with Gasteiger partial charge in [0.2, 0.25) is 0 Å². The summed E-state index contributed by atoms with van der Waals surface area (Å²) in [5, 5.41) is 16.6. The molecule has 3 rings (SSSR count). The smallest absolute Gasteiger partial charge is 0.343 e. The van der Waals surface area contributed by atoms with E-state index in [1.807, 2.05) is 7.05 Å². The van der Waals surface area contributed by atoms with Crippen molar-refractivity contribution in [2.45, 2.75) is 46.7 Å². The third-order valence-corrected chi connectivity index (χ3v) is 5.27. The van der Waals surface area contributed by atoms with E-state index in [9.17, 15) is 19.1 Å². The molecule has 29 heavy (non-hydrogen) atoms. The van der Waals surface area contributed by atoms with Crippen molar-refractivity contribution in [3.8, 4) is 11.3 Å². The molecule has 1 unspecified atom stereocenters. The normalized spacial score (nSPS) is 15.7. The van der Waals surface area contributed by atoms with Crippen LogP contribution in [0.1, 0.15) is 37.6 Å². The van der Waals surface area contributed by atoms with E-state index in [0.717, 1.165) is 17.8 Å². The number of aliphatic carboxylic acids is 1. The number of amides is 1. The van der Waals surface area contributed by atoms with Crippen LogP contribution in [0.3, 0.4) is 0 Å². The van der Waals surface area contributed by atoms with Crippen LogP contribution in [0.15, 0.2) is 18.2 Å².